The van der Waals surface area contributed by atoms with Crippen LogP contribution in [0.15, 0.2) is 17.2 Å². The molecule has 76 valence electrons. The van der Waals surface area contributed by atoms with Crippen LogP contribution in [-0.2, 0) is 16.1 Å². The second kappa shape index (κ2) is 4.40. The Morgan fingerprint density at radius 1 is 1.71 bits per heavy atom. The first-order chi connectivity index (χ1) is 6.61. The molecule has 0 aliphatic heterocycles. The van der Waals surface area contributed by atoms with Gasteiger partial charge in [-0.05, 0) is 0 Å². The van der Waals surface area contributed by atoms with E-state index >= 15 is 0 Å². The minimum Gasteiger partial charge on any atom is -0.489 e. The van der Waals surface area contributed by atoms with Crippen LogP contribution in [0.2, 0.25) is 0 Å². The van der Waals surface area contributed by atoms with Crippen molar-refractivity contribution in [1.29, 1.82) is 0 Å². The van der Waals surface area contributed by atoms with E-state index in [0.29, 0.717) is 0 Å². The van der Waals surface area contributed by atoms with Crippen molar-refractivity contribution in [3.05, 3.63) is 22.7 Å². The number of esters is 1. The normalized spacial score (nSPS) is 9.79. The van der Waals surface area contributed by atoms with Crippen molar-refractivity contribution >= 4 is 5.97 Å². The molecular formula is C8H10N2O4. The van der Waals surface area contributed by atoms with Gasteiger partial charge in [-0.15, -0.1) is 0 Å². The highest BCUT2D eigenvalue weighted by Gasteiger charge is 2.02. The molecule has 0 unspecified atom stereocenters. The SMILES string of the molecule is CC(=O)OCCn1ccnc(O)c1=O. The summed E-state index contributed by atoms with van der Waals surface area (Å²) in [5.74, 6) is -0.966. The molecule has 0 saturated heterocycles. The van der Waals surface area contributed by atoms with Crippen LogP contribution in [0.25, 0.3) is 0 Å². The number of hydrogen-bond acceptors (Lipinski definition) is 5. The largest absolute Gasteiger partial charge is 0.489 e. The maximum atomic E-state index is 11.2. The Hall–Kier alpha value is -1.85. The molecule has 1 N–H and O–H groups in total. The molecule has 0 radical (unpaired) electrons. The van der Waals surface area contributed by atoms with E-state index in [1.807, 2.05) is 0 Å². The molecule has 0 fully saturated rings. The van der Waals surface area contributed by atoms with Gasteiger partial charge >= 0.3 is 11.5 Å². The van der Waals surface area contributed by atoms with E-state index in [9.17, 15) is 9.59 Å². The number of ether oxygens (including phenoxy) is 1. The second-order valence-corrected chi connectivity index (χ2v) is 2.59. The van der Waals surface area contributed by atoms with Crippen molar-refractivity contribution in [3.8, 4) is 5.88 Å². The number of aromatic nitrogens is 2. The molecule has 0 spiro atoms. The molecule has 0 amide bonds. The lowest BCUT2D eigenvalue weighted by Crippen LogP contribution is -2.22. The Morgan fingerprint density at radius 3 is 3.07 bits per heavy atom. The Kier molecular flexibility index (Phi) is 3.22. The van der Waals surface area contributed by atoms with Gasteiger partial charge in [-0.3, -0.25) is 9.59 Å². The number of nitrogens with zero attached hydrogens (tertiary/aromatic N) is 2. The summed E-state index contributed by atoms with van der Waals surface area (Å²) in [5, 5.41) is 8.96. The molecule has 1 heterocycles. The van der Waals surface area contributed by atoms with E-state index in [0.717, 1.165) is 0 Å². The van der Waals surface area contributed by atoms with Crippen molar-refractivity contribution in [2.45, 2.75) is 13.5 Å². The smallest absolute Gasteiger partial charge is 0.313 e. The van der Waals surface area contributed by atoms with Gasteiger partial charge in [-0.1, -0.05) is 0 Å². The van der Waals surface area contributed by atoms with Gasteiger partial charge in [0.25, 0.3) is 5.88 Å². The highest BCUT2D eigenvalue weighted by Crippen LogP contribution is 1.91. The van der Waals surface area contributed by atoms with E-state index in [4.69, 9.17) is 5.11 Å². The predicted molar refractivity (Wildman–Crippen MR) is 46.8 cm³/mol. The fourth-order valence-corrected chi connectivity index (χ4v) is 0.900. The van der Waals surface area contributed by atoms with Crippen molar-refractivity contribution in [2.24, 2.45) is 0 Å². The third-order valence-electron chi connectivity index (χ3n) is 1.53. The van der Waals surface area contributed by atoms with Crippen molar-refractivity contribution in [1.82, 2.24) is 9.55 Å². The van der Waals surface area contributed by atoms with E-state index in [-0.39, 0.29) is 13.2 Å². The fourth-order valence-electron chi connectivity index (χ4n) is 0.900. The fraction of sp³-hybridized carbons (Fsp3) is 0.375. The third kappa shape index (κ3) is 2.58. The van der Waals surface area contributed by atoms with Gasteiger partial charge in [-0.2, -0.15) is 0 Å². The lowest BCUT2D eigenvalue weighted by Gasteiger charge is -2.04. The summed E-state index contributed by atoms with van der Waals surface area (Å²) in [6.07, 6.45) is 2.70. The predicted octanol–water partition coefficient (Wildman–Crippen LogP) is -0.488. The van der Waals surface area contributed by atoms with Crippen LogP contribution in [0.1, 0.15) is 6.92 Å². The maximum Gasteiger partial charge on any atom is 0.313 e. The summed E-state index contributed by atoms with van der Waals surface area (Å²) in [6.45, 7) is 1.58. The van der Waals surface area contributed by atoms with Crippen molar-refractivity contribution in [2.75, 3.05) is 6.61 Å². The van der Waals surface area contributed by atoms with Crippen LogP contribution >= 0.6 is 0 Å². The first-order valence-electron chi connectivity index (χ1n) is 3.99. The summed E-state index contributed by atoms with van der Waals surface area (Å²) < 4.78 is 5.85. The lowest BCUT2D eigenvalue weighted by atomic mass is 10.6. The Labute approximate surface area is 79.8 Å². The van der Waals surface area contributed by atoms with E-state index in [1.165, 1.54) is 23.9 Å². The van der Waals surface area contributed by atoms with E-state index < -0.39 is 17.4 Å². The molecule has 1 rings (SSSR count). The van der Waals surface area contributed by atoms with Crippen LogP contribution in [0.4, 0.5) is 0 Å². The van der Waals surface area contributed by atoms with Crippen LogP contribution in [0.5, 0.6) is 5.88 Å². The summed E-state index contributed by atoms with van der Waals surface area (Å²) in [6, 6.07) is 0. The Morgan fingerprint density at radius 2 is 2.43 bits per heavy atom. The second-order valence-electron chi connectivity index (χ2n) is 2.59. The molecule has 0 aliphatic rings. The average molecular weight is 198 g/mol. The molecule has 1 aromatic rings. The van der Waals surface area contributed by atoms with Gasteiger partial charge < -0.3 is 14.4 Å². The summed E-state index contributed by atoms with van der Waals surface area (Å²) in [5.41, 5.74) is -0.598. The average Bonchev–Trinajstić information content (AvgIpc) is 2.12. The number of hydrogen-bond donors (Lipinski definition) is 1. The van der Waals surface area contributed by atoms with Crippen LogP contribution in [0.3, 0.4) is 0 Å². The lowest BCUT2D eigenvalue weighted by molar-refractivity contribution is -0.141. The summed E-state index contributed by atoms with van der Waals surface area (Å²) in [7, 11) is 0. The van der Waals surface area contributed by atoms with Gasteiger partial charge in [0.2, 0.25) is 0 Å². The molecular weight excluding hydrogens is 188 g/mol. The molecule has 0 bridgehead atoms. The number of carbonyl (C=O) groups is 1. The molecule has 6 heteroatoms. The Bertz CT molecular complexity index is 385. The molecule has 14 heavy (non-hydrogen) atoms. The zero-order valence-electron chi connectivity index (χ0n) is 7.64. The quantitative estimate of drug-likeness (QED) is 0.663. The molecule has 0 aromatic carbocycles. The molecule has 6 nitrogen and oxygen atoms in total. The first-order valence-corrected chi connectivity index (χ1v) is 3.99. The van der Waals surface area contributed by atoms with Gasteiger partial charge in [0.05, 0.1) is 6.54 Å². The third-order valence-corrected chi connectivity index (χ3v) is 1.53. The van der Waals surface area contributed by atoms with Gasteiger partial charge in [-0.25, -0.2) is 4.98 Å². The molecule has 0 saturated carbocycles. The zero-order valence-corrected chi connectivity index (χ0v) is 7.64. The number of carbonyl (C=O) groups excluding carboxylic acids is 1. The molecule has 0 aliphatic carbocycles. The van der Waals surface area contributed by atoms with E-state index in [2.05, 4.69) is 9.72 Å². The topological polar surface area (TPSA) is 81.4 Å². The minimum absolute atomic E-state index is 0.0959. The van der Waals surface area contributed by atoms with Crippen molar-refractivity contribution < 1.29 is 14.6 Å². The minimum atomic E-state index is -0.598. The highest BCUT2D eigenvalue weighted by atomic mass is 16.5. The number of aromatic hydroxyl groups is 1. The monoisotopic (exact) mass is 198 g/mol. The van der Waals surface area contributed by atoms with Crippen LogP contribution in [0, 0.1) is 0 Å². The van der Waals surface area contributed by atoms with Crippen molar-refractivity contribution in [3.63, 3.8) is 0 Å². The molecule has 1 aromatic heterocycles. The number of rotatable bonds is 3. The molecule has 0 atom stereocenters. The van der Waals surface area contributed by atoms with Crippen LogP contribution < -0.4 is 5.56 Å². The van der Waals surface area contributed by atoms with Gasteiger partial charge in [0.1, 0.15) is 6.61 Å². The van der Waals surface area contributed by atoms with Gasteiger partial charge in [0, 0.05) is 19.3 Å². The van der Waals surface area contributed by atoms with E-state index in [1.54, 1.807) is 0 Å². The van der Waals surface area contributed by atoms with Crippen LogP contribution in [-0.4, -0.2) is 27.2 Å². The Balaban J connectivity index is 2.64. The highest BCUT2D eigenvalue weighted by molar-refractivity contribution is 5.65. The zero-order chi connectivity index (χ0) is 10.6. The summed E-state index contributed by atoms with van der Waals surface area (Å²) in [4.78, 5) is 25.0. The summed E-state index contributed by atoms with van der Waals surface area (Å²) >= 11 is 0. The van der Waals surface area contributed by atoms with Gasteiger partial charge in [0.15, 0.2) is 0 Å². The standard InChI is InChI=1S/C8H10N2O4/c1-6(11)14-5-4-10-3-2-9-7(12)8(10)13/h2-3H,4-5H2,1H3,(H,9,12). The first kappa shape index (κ1) is 10.2. The maximum absolute atomic E-state index is 11.2.